The van der Waals surface area contributed by atoms with Gasteiger partial charge in [0.05, 0.1) is 17.0 Å². The van der Waals surface area contributed by atoms with E-state index in [1.807, 2.05) is 25.2 Å². The van der Waals surface area contributed by atoms with Crippen LogP contribution in [0.4, 0.5) is 5.95 Å². The molecule has 1 aromatic carbocycles. The molecule has 3 rings (SSSR count). The number of benzene rings is 1. The lowest BCUT2D eigenvalue weighted by Crippen LogP contribution is -2.37. The molecule has 0 unspecified atom stereocenters. The quantitative estimate of drug-likeness (QED) is 0.923. The second kappa shape index (κ2) is 5.71. The highest BCUT2D eigenvalue weighted by Gasteiger charge is 2.26. The number of aryl methyl sites for hydroxylation is 1. The van der Waals surface area contributed by atoms with E-state index < -0.39 is 5.97 Å². The average molecular weight is 296 g/mol. The van der Waals surface area contributed by atoms with E-state index in [0.717, 1.165) is 30.1 Å². The molecule has 2 heterocycles. The van der Waals surface area contributed by atoms with E-state index in [0.29, 0.717) is 12.8 Å². The first-order valence-electron chi connectivity index (χ1n) is 6.56. The summed E-state index contributed by atoms with van der Waals surface area (Å²) in [5, 5.41) is 9.02. The first-order valence-corrected chi connectivity index (χ1v) is 6.56. The molecular formula is C14H18ClN3O2. The monoisotopic (exact) mass is 295 g/mol. The molecule has 0 aliphatic carbocycles. The molecule has 1 aromatic heterocycles. The smallest absolute Gasteiger partial charge is 0.306 e. The molecule has 108 valence electrons. The molecule has 1 fully saturated rings. The fourth-order valence-electron chi connectivity index (χ4n) is 2.74. The number of carbonyl (C=O) groups is 1. The van der Waals surface area contributed by atoms with Crippen LogP contribution >= 0.6 is 12.4 Å². The fourth-order valence-corrected chi connectivity index (χ4v) is 2.74. The number of hydrogen-bond donors (Lipinski definition) is 1. The standard InChI is InChI=1S/C14H17N3O2.ClH/c1-16-12-5-3-2-4-11(12)15-14(16)17-8-6-10(7-9-17)13(18)19;/h2-5,10H,6-9H2,1H3,(H,18,19);1H. The second-order valence-electron chi connectivity index (χ2n) is 5.06. The third kappa shape index (κ3) is 2.45. The van der Waals surface area contributed by atoms with E-state index >= 15 is 0 Å². The summed E-state index contributed by atoms with van der Waals surface area (Å²) in [6.07, 6.45) is 1.39. The fraction of sp³-hybridized carbons (Fsp3) is 0.429. The van der Waals surface area contributed by atoms with Gasteiger partial charge in [-0.2, -0.15) is 0 Å². The summed E-state index contributed by atoms with van der Waals surface area (Å²) in [4.78, 5) is 17.8. The molecule has 0 amide bonds. The third-order valence-electron chi connectivity index (χ3n) is 3.89. The van der Waals surface area contributed by atoms with Crippen molar-refractivity contribution in [1.29, 1.82) is 0 Å². The molecule has 20 heavy (non-hydrogen) atoms. The molecule has 0 radical (unpaired) electrons. The molecule has 0 bridgehead atoms. The Bertz CT molecular complexity index is 618. The molecule has 6 heteroatoms. The topological polar surface area (TPSA) is 58.4 Å². The second-order valence-corrected chi connectivity index (χ2v) is 5.06. The van der Waals surface area contributed by atoms with Crippen molar-refractivity contribution in [2.24, 2.45) is 13.0 Å². The summed E-state index contributed by atoms with van der Waals surface area (Å²) in [6.45, 7) is 1.52. The lowest BCUT2D eigenvalue weighted by molar-refractivity contribution is -0.142. The minimum absolute atomic E-state index is 0. The zero-order valence-corrected chi connectivity index (χ0v) is 12.1. The Kier molecular flexibility index (Phi) is 4.18. The molecule has 5 nitrogen and oxygen atoms in total. The predicted octanol–water partition coefficient (Wildman–Crippen LogP) is 2.30. The van der Waals surface area contributed by atoms with Crippen molar-refractivity contribution in [3.63, 3.8) is 0 Å². The molecule has 1 saturated heterocycles. The van der Waals surface area contributed by atoms with Crippen molar-refractivity contribution >= 4 is 35.4 Å². The van der Waals surface area contributed by atoms with Gasteiger partial charge in [0.25, 0.3) is 0 Å². The molecule has 0 saturated carbocycles. The lowest BCUT2D eigenvalue weighted by Gasteiger charge is -2.30. The van der Waals surface area contributed by atoms with Crippen molar-refractivity contribution in [2.45, 2.75) is 12.8 Å². The first-order chi connectivity index (χ1) is 9.16. The number of carboxylic acids is 1. The Hall–Kier alpha value is -1.75. The zero-order valence-electron chi connectivity index (χ0n) is 11.3. The van der Waals surface area contributed by atoms with Crippen LogP contribution in [-0.4, -0.2) is 33.7 Å². The van der Waals surface area contributed by atoms with Crippen LogP contribution in [0.3, 0.4) is 0 Å². The number of piperidine rings is 1. The van der Waals surface area contributed by atoms with E-state index in [1.165, 1.54) is 0 Å². The Balaban J connectivity index is 0.00000147. The normalized spacial score (nSPS) is 16.1. The summed E-state index contributed by atoms with van der Waals surface area (Å²) >= 11 is 0. The van der Waals surface area contributed by atoms with Gasteiger partial charge < -0.3 is 14.6 Å². The lowest BCUT2D eigenvalue weighted by atomic mass is 9.97. The number of para-hydroxylation sites is 2. The van der Waals surface area contributed by atoms with Gasteiger partial charge in [-0.05, 0) is 25.0 Å². The average Bonchev–Trinajstić information content (AvgIpc) is 2.77. The number of fused-ring (bicyclic) bond motifs is 1. The largest absolute Gasteiger partial charge is 0.481 e. The van der Waals surface area contributed by atoms with E-state index in [4.69, 9.17) is 5.11 Å². The van der Waals surface area contributed by atoms with Crippen LogP contribution in [0.15, 0.2) is 24.3 Å². The summed E-state index contributed by atoms with van der Waals surface area (Å²) in [7, 11) is 2.01. The van der Waals surface area contributed by atoms with Gasteiger partial charge >= 0.3 is 5.97 Å². The summed E-state index contributed by atoms with van der Waals surface area (Å²) in [6, 6.07) is 8.04. The van der Waals surface area contributed by atoms with Crippen LogP contribution in [0.1, 0.15) is 12.8 Å². The number of aliphatic carboxylic acids is 1. The Labute approximate surface area is 123 Å². The number of aromatic nitrogens is 2. The van der Waals surface area contributed by atoms with E-state index in [2.05, 4.69) is 20.5 Å². The maximum atomic E-state index is 11.0. The third-order valence-corrected chi connectivity index (χ3v) is 3.89. The van der Waals surface area contributed by atoms with Crippen molar-refractivity contribution in [2.75, 3.05) is 18.0 Å². The Morgan fingerprint density at radius 2 is 1.95 bits per heavy atom. The van der Waals surface area contributed by atoms with Gasteiger partial charge in [-0.3, -0.25) is 4.79 Å². The van der Waals surface area contributed by atoms with Gasteiger partial charge in [0.1, 0.15) is 0 Å². The zero-order chi connectivity index (χ0) is 13.4. The maximum Gasteiger partial charge on any atom is 0.306 e. The number of carboxylic acid groups (broad SMARTS) is 1. The maximum absolute atomic E-state index is 11.0. The molecule has 1 aliphatic rings. The number of hydrogen-bond acceptors (Lipinski definition) is 3. The molecule has 0 spiro atoms. The minimum atomic E-state index is -0.676. The van der Waals surface area contributed by atoms with Gasteiger partial charge in [0, 0.05) is 20.1 Å². The van der Waals surface area contributed by atoms with Crippen LogP contribution < -0.4 is 4.90 Å². The molecule has 0 atom stereocenters. The predicted molar refractivity (Wildman–Crippen MR) is 80.5 cm³/mol. The number of nitrogens with zero attached hydrogens (tertiary/aromatic N) is 3. The summed E-state index contributed by atoms with van der Waals surface area (Å²) in [5.74, 6) is 0.0561. The summed E-state index contributed by atoms with van der Waals surface area (Å²) < 4.78 is 2.08. The molecule has 1 aliphatic heterocycles. The number of rotatable bonds is 2. The highest BCUT2D eigenvalue weighted by atomic mass is 35.5. The van der Waals surface area contributed by atoms with E-state index in [9.17, 15) is 4.79 Å². The first kappa shape index (κ1) is 14.7. The van der Waals surface area contributed by atoms with Gasteiger partial charge in [-0.15, -0.1) is 12.4 Å². The van der Waals surface area contributed by atoms with E-state index in [1.54, 1.807) is 0 Å². The van der Waals surface area contributed by atoms with Crippen molar-refractivity contribution in [3.05, 3.63) is 24.3 Å². The molecular weight excluding hydrogens is 278 g/mol. The van der Waals surface area contributed by atoms with Gasteiger partial charge in [0.15, 0.2) is 0 Å². The highest BCUT2D eigenvalue weighted by molar-refractivity contribution is 5.85. The molecule has 1 N–H and O–H groups in total. The minimum Gasteiger partial charge on any atom is -0.481 e. The van der Waals surface area contributed by atoms with Gasteiger partial charge in [-0.25, -0.2) is 4.98 Å². The van der Waals surface area contributed by atoms with Crippen LogP contribution in [-0.2, 0) is 11.8 Å². The number of halogens is 1. The van der Waals surface area contributed by atoms with Crippen molar-refractivity contribution < 1.29 is 9.90 Å². The van der Waals surface area contributed by atoms with Crippen LogP contribution in [0.25, 0.3) is 11.0 Å². The number of anilines is 1. The van der Waals surface area contributed by atoms with Crippen molar-refractivity contribution in [3.8, 4) is 0 Å². The van der Waals surface area contributed by atoms with Gasteiger partial charge in [0.2, 0.25) is 5.95 Å². The highest BCUT2D eigenvalue weighted by Crippen LogP contribution is 2.25. The van der Waals surface area contributed by atoms with Crippen molar-refractivity contribution in [1.82, 2.24) is 9.55 Å². The van der Waals surface area contributed by atoms with E-state index in [-0.39, 0.29) is 18.3 Å². The van der Waals surface area contributed by atoms with Gasteiger partial charge in [-0.1, -0.05) is 12.1 Å². The SMILES string of the molecule is Cl.Cn1c(N2CCC(C(=O)O)CC2)nc2ccccc21. The number of imidazole rings is 1. The Morgan fingerprint density at radius 3 is 2.55 bits per heavy atom. The Morgan fingerprint density at radius 1 is 1.30 bits per heavy atom. The van der Waals surface area contributed by atoms with Crippen LogP contribution in [0.2, 0.25) is 0 Å². The van der Waals surface area contributed by atoms with Crippen LogP contribution in [0.5, 0.6) is 0 Å². The summed E-state index contributed by atoms with van der Waals surface area (Å²) in [5.41, 5.74) is 2.10. The molecule has 2 aromatic rings. The van der Waals surface area contributed by atoms with Crippen LogP contribution in [0, 0.1) is 5.92 Å².